The summed E-state index contributed by atoms with van der Waals surface area (Å²) in [4.78, 5) is -0.489. The van der Waals surface area contributed by atoms with Gasteiger partial charge in [-0.3, -0.25) is 4.18 Å². The van der Waals surface area contributed by atoms with Gasteiger partial charge in [0.1, 0.15) is 16.4 Å². The van der Waals surface area contributed by atoms with E-state index in [2.05, 4.69) is 32.1 Å². The molecule has 2 N–H and O–H groups in total. The number of thioether (sulfide) groups is 1. The number of hydrogen-bond donors (Lipinski definition) is 2. The number of para-hydroxylation sites is 2. The van der Waals surface area contributed by atoms with Crippen LogP contribution in [0.15, 0.2) is 72.3 Å². The third kappa shape index (κ3) is 10.3. The molecule has 3 unspecified atom stereocenters. The molecular formula is C32H45BO4S2. The normalized spacial score (nSPS) is 16.1. The standard InChI is InChI=1S/C32H45BO4S2/c1-6-21-31(8-3,22-20-26-15-10-12-18-28(26)34)39-37-32(9-4,24-33)38-23-14-17-27-16-11-13-19-29(27)36-30(35)25(5)7-2/h6-7,10-13,15-16,18-19,21,30,34-35H,8-9,14,17,20,22-24H2,1-5H3. The van der Waals surface area contributed by atoms with Crippen LogP contribution < -0.4 is 4.74 Å². The van der Waals surface area contributed by atoms with Gasteiger partial charge in [-0.15, -0.1) is 11.8 Å². The van der Waals surface area contributed by atoms with E-state index >= 15 is 0 Å². The van der Waals surface area contributed by atoms with E-state index < -0.39 is 11.2 Å². The maximum atomic E-state index is 10.3. The fourth-order valence-corrected chi connectivity index (χ4v) is 6.44. The first-order chi connectivity index (χ1) is 18.8. The van der Waals surface area contributed by atoms with Gasteiger partial charge in [0.05, 0.1) is 12.6 Å². The summed E-state index contributed by atoms with van der Waals surface area (Å²) in [7, 11) is 6.30. The van der Waals surface area contributed by atoms with Gasteiger partial charge >= 0.3 is 0 Å². The van der Waals surface area contributed by atoms with E-state index in [0.717, 1.165) is 61.0 Å². The molecule has 0 aliphatic heterocycles. The van der Waals surface area contributed by atoms with E-state index in [0.29, 0.717) is 17.8 Å². The lowest BCUT2D eigenvalue weighted by Crippen LogP contribution is -2.30. The van der Waals surface area contributed by atoms with Crippen LogP contribution in [0.2, 0.25) is 6.32 Å². The van der Waals surface area contributed by atoms with Crippen molar-refractivity contribution < 1.29 is 19.1 Å². The second-order valence-corrected chi connectivity index (χ2v) is 12.3. The van der Waals surface area contributed by atoms with Gasteiger partial charge in [0.25, 0.3) is 0 Å². The molecule has 2 aromatic rings. The molecule has 0 aliphatic rings. The Hall–Kier alpha value is -1.80. The number of phenolic OH excluding ortho intramolecular Hbond substituents is 1. The number of rotatable bonds is 18. The SMILES string of the molecule is [B]CC(CC)(OSC(C=CC)(CC)CCc1ccccc1O)SCCCc1ccccc1OC(O)C(C)=CC. The van der Waals surface area contributed by atoms with Crippen LogP contribution in [-0.4, -0.2) is 39.8 Å². The fraction of sp³-hybridized carbons (Fsp3) is 0.500. The summed E-state index contributed by atoms with van der Waals surface area (Å²) in [5.41, 5.74) is 2.81. The molecular weight excluding hydrogens is 523 g/mol. The minimum absolute atomic E-state index is 0.213. The van der Waals surface area contributed by atoms with Crippen molar-refractivity contribution in [2.75, 3.05) is 5.75 Å². The van der Waals surface area contributed by atoms with E-state index in [4.69, 9.17) is 16.8 Å². The quantitative estimate of drug-likeness (QED) is 0.0619. The highest BCUT2D eigenvalue weighted by Crippen LogP contribution is 2.45. The molecule has 0 saturated heterocycles. The molecule has 0 aromatic heterocycles. The molecule has 4 nitrogen and oxygen atoms in total. The number of allylic oxidation sites excluding steroid dienone is 2. The van der Waals surface area contributed by atoms with Crippen molar-refractivity contribution in [3.63, 3.8) is 0 Å². The number of hydrogen-bond acceptors (Lipinski definition) is 6. The summed E-state index contributed by atoms with van der Waals surface area (Å²) >= 11 is 3.29. The number of benzene rings is 2. The van der Waals surface area contributed by atoms with Crippen molar-refractivity contribution in [2.45, 2.75) is 95.4 Å². The number of aliphatic hydroxyl groups excluding tert-OH is 1. The highest BCUT2D eigenvalue weighted by Gasteiger charge is 2.34. The first-order valence-corrected chi connectivity index (χ1v) is 15.7. The largest absolute Gasteiger partial charge is 0.508 e. The Morgan fingerprint density at radius 1 is 1.03 bits per heavy atom. The van der Waals surface area contributed by atoms with Gasteiger partial charge in [0, 0.05) is 12.0 Å². The van der Waals surface area contributed by atoms with Crippen LogP contribution in [0.1, 0.15) is 71.4 Å². The van der Waals surface area contributed by atoms with Crippen LogP contribution in [-0.2, 0) is 17.0 Å². The van der Waals surface area contributed by atoms with Crippen LogP contribution in [0.5, 0.6) is 11.5 Å². The molecule has 3 atom stereocenters. The van der Waals surface area contributed by atoms with Crippen LogP contribution in [0.3, 0.4) is 0 Å². The topological polar surface area (TPSA) is 58.9 Å². The van der Waals surface area contributed by atoms with Gasteiger partial charge in [0.15, 0.2) is 0 Å². The third-order valence-electron chi connectivity index (χ3n) is 7.10. The summed E-state index contributed by atoms with van der Waals surface area (Å²) < 4.78 is 12.2. The highest BCUT2D eigenvalue weighted by atomic mass is 32.2. The third-order valence-corrected chi connectivity index (χ3v) is 10.1. The van der Waals surface area contributed by atoms with Crippen molar-refractivity contribution in [1.29, 1.82) is 0 Å². The van der Waals surface area contributed by atoms with Gasteiger partial charge in [-0.1, -0.05) is 68.5 Å². The van der Waals surface area contributed by atoms with E-state index in [-0.39, 0.29) is 4.75 Å². The summed E-state index contributed by atoms with van der Waals surface area (Å²) in [6, 6.07) is 15.4. The number of ether oxygens (including phenoxy) is 1. The molecule has 0 heterocycles. The zero-order valence-corrected chi connectivity index (χ0v) is 25.8. The maximum absolute atomic E-state index is 10.3. The van der Waals surface area contributed by atoms with E-state index in [9.17, 15) is 10.2 Å². The lowest BCUT2D eigenvalue weighted by Gasteiger charge is -2.36. The Morgan fingerprint density at radius 3 is 2.33 bits per heavy atom. The molecule has 39 heavy (non-hydrogen) atoms. The summed E-state index contributed by atoms with van der Waals surface area (Å²) in [5, 5.41) is 20.5. The molecule has 0 amide bonds. The Labute approximate surface area is 246 Å². The summed E-state index contributed by atoms with van der Waals surface area (Å²) in [6.45, 7) is 10.1. The first kappa shape index (κ1) is 33.4. The van der Waals surface area contributed by atoms with Crippen molar-refractivity contribution in [2.24, 2.45) is 0 Å². The monoisotopic (exact) mass is 568 g/mol. The van der Waals surface area contributed by atoms with Crippen LogP contribution >= 0.6 is 23.8 Å². The minimum atomic E-state index is -0.942. The fourth-order valence-electron chi connectivity index (χ4n) is 4.16. The highest BCUT2D eigenvalue weighted by molar-refractivity contribution is 8.02. The zero-order chi connectivity index (χ0) is 28.7. The average molecular weight is 569 g/mol. The van der Waals surface area contributed by atoms with Gasteiger partial charge in [-0.2, -0.15) is 0 Å². The van der Waals surface area contributed by atoms with E-state index in [1.54, 1.807) is 17.8 Å². The average Bonchev–Trinajstić information content (AvgIpc) is 2.96. The van der Waals surface area contributed by atoms with Crippen molar-refractivity contribution >= 4 is 31.7 Å². The second kappa shape index (κ2) is 17.1. The van der Waals surface area contributed by atoms with Crippen molar-refractivity contribution in [3.05, 3.63) is 83.5 Å². The van der Waals surface area contributed by atoms with Gasteiger partial charge < -0.3 is 14.9 Å². The predicted octanol–water partition coefficient (Wildman–Crippen LogP) is 8.44. The summed E-state index contributed by atoms with van der Waals surface area (Å²) in [6.07, 6.45) is 10.7. The number of phenols is 1. The predicted molar refractivity (Wildman–Crippen MR) is 170 cm³/mol. The Bertz CT molecular complexity index is 1050. The smallest absolute Gasteiger partial charge is 0.219 e. The maximum Gasteiger partial charge on any atom is 0.219 e. The molecule has 7 heteroatoms. The molecule has 212 valence electrons. The van der Waals surface area contributed by atoms with Gasteiger partial charge in [0.2, 0.25) is 6.29 Å². The van der Waals surface area contributed by atoms with Gasteiger partial charge in [-0.25, -0.2) is 0 Å². The molecule has 2 radical (unpaired) electrons. The van der Waals surface area contributed by atoms with Crippen LogP contribution in [0.4, 0.5) is 0 Å². The van der Waals surface area contributed by atoms with Crippen molar-refractivity contribution in [1.82, 2.24) is 0 Å². The molecule has 0 spiro atoms. The lowest BCUT2D eigenvalue weighted by molar-refractivity contribution is 0.0139. The molecule has 2 rings (SSSR count). The minimum Gasteiger partial charge on any atom is -0.508 e. The van der Waals surface area contributed by atoms with Crippen molar-refractivity contribution in [3.8, 4) is 11.5 Å². The van der Waals surface area contributed by atoms with Crippen LogP contribution in [0.25, 0.3) is 0 Å². The molecule has 0 bridgehead atoms. The Balaban J connectivity index is 2.01. The zero-order valence-electron chi connectivity index (χ0n) is 24.2. The van der Waals surface area contributed by atoms with E-state index in [1.807, 2.05) is 63.2 Å². The van der Waals surface area contributed by atoms with Crippen LogP contribution in [0, 0.1) is 0 Å². The van der Waals surface area contributed by atoms with E-state index in [1.165, 1.54) is 12.0 Å². The second-order valence-electron chi connectivity index (χ2n) is 9.74. The Kier molecular flexibility index (Phi) is 14.7. The molecule has 2 aromatic carbocycles. The van der Waals surface area contributed by atoms with Gasteiger partial charge in [-0.05, 0) is 100 Å². The number of aromatic hydroxyl groups is 1. The Morgan fingerprint density at radius 2 is 1.72 bits per heavy atom. The summed E-state index contributed by atoms with van der Waals surface area (Å²) in [5.74, 6) is 1.94. The molecule has 0 fully saturated rings. The number of aliphatic hydroxyl groups is 1. The molecule has 0 aliphatic carbocycles. The lowest BCUT2D eigenvalue weighted by atomic mass is 9.95. The molecule has 0 saturated carbocycles. The number of aryl methyl sites for hydroxylation is 2. The first-order valence-electron chi connectivity index (χ1n) is 13.9.